The summed E-state index contributed by atoms with van der Waals surface area (Å²) in [5.41, 5.74) is 0.926. The fourth-order valence-electron chi connectivity index (χ4n) is 2.11. The van der Waals surface area contributed by atoms with Gasteiger partial charge in [-0.1, -0.05) is 17.7 Å². The molecule has 0 amide bonds. The molecule has 1 atom stereocenters. The smallest absolute Gasteiger partial charge is 0.142 e. The predicted molar refractivity (Wildman–Crippen MR) is 68.3 cm³/mol. The van der Waals surface area contributed by atoms with Gasteiger partial charge in [0.15, 0.2) is 0 Å². The van der Waals surface area contributed by atoms with E-state index in [4.69, 9.17) is 21.1 Å². The fourth-order valence-corrected chi connectivity index (χ4v) is 2.22. The molecule has 2 rings (SSSR count). The minimum absolute atomic E-state index is 0.0981. The first kappa shape index (κ1) is 13.7. The summed E-state index contributed by atoms with van der Waals surface area (Å²) in [6, 6.07) is 4.94. The van der Waals surface area contributed by atoms with E-state index < -0.39 is 0 Å². The van der Waals surface area contributed by atoms with E-state index in [1.54, 1.807) is 13.2 Å². The third-order valence-corrected chi connectivity index (χ3v) is 3.27. The Labute approximate surface area is 111 Å². The summed E-state index contributed by atoms with van der Waals surface area (Å²) < 4.78 is 24.0. The third-order valence-electron chi connectivity index (χ3n) is 2.97. The monoisotopic (exact) mass is 273 g/mol. The van der Waals surface area contributed by atoms with Crippen molar-refractivity contribution in [2.45, 2.75) is 12.6 Å². The van der Waals surface area contributed by atoms with Crippen LogP contribution in [-0.4, -0.2) is 44.4 Å². The van der Waals surface area contributed by atoms with E-state index in [9.17, 15) is 4.39 Å². The molecule has 0 bridgehead atoms. The summed E-state index contributed by atoms with van der Waals surface area (Å²) in [7, 11) is 1.66. The van der Waals surface area contributed by atoms with E-state index in [2.05, 4.69) is 4.90 Å². The van der Waals surface area contributed by atoms with E-state index in [0.29, 0.717) is 19.8 Å². The van der Waals surface area contributed by atoms with Crippen molar-refractivity contribution in [2.24, 2.45) is 0 Å². The zero-order valence-electron chi connectivity index (χ0n) is 10.4. The first-order valence-electron chi connectivity index (χ1n) is 5.96. The highest BCUT2D eigenvalue weighted by atomic mass is 35.5. The number of hydrogen-bond donors (Lipinski definition) is 0. The van der Waals surface area contributed by atoms with E-state index in [1.165, 1.54) is 6.07 Å². The number of rotatable bonds is 4. The number of morpholine rings is 1. The summed E-state index contributed by atoms with van der Waals surface area (Å²) in [5.74, 6) is -0.365. The molecule has 0 spiro atoms. The van der Waals surface area contributed by atoms with Crippen LogP contribution in [0.25, 0.3) is 0 Å². The second-order valence-electron chi connectivity index (χ2n) is 4.43. The Kier molecular flexibility index (Phi) is 4.95. The standard InChI is InChI=1S/C13H17ClFNO2/c1-17-9-11-8-16(4-5-18-11)7-10-2-3-12(14)13(15)6-10/h2-3,6,11H,4-5,7-9H2,1H3/t11-/m1/s1. The van der Waals surface area contributed by atoms with Crippen molar-refractivity contribution in [3.05, 3.63) is 34.6 Å². The first-order chi connectivity index (χ1) is 8.69. The van der Waals surface area contributed by atoms with Gasteiger partial charge in [0.05, 0.1) is 24.3 Å². The summed E-state index contributed by atoms with van der Waals surface area (Å²) >= 11 is 5.66. The molecular weight excluding hydrogens is 257 g/mol. The van der Waals surface area contributed by atoms with Crippen LogP contribution < -0.4 is 0 Å². The second kappa shape index (κ2) is 6.48. The largest absolute Gasteiger partial charge is 0.382 e. The van der Waals surface area contributed by atoms with Gasteiger partial charge in [0.25, 0.3) is 0 Å². The van der Waals surface area contributed by atoms with Gasteiger partial charge < -0.3 is 9.47 Å². The van der Waals surface area contributed by atoms with Crippen molar-refractivity contribution in [1.29, 1.82) is 0 Å². The molecule has 0 saturated carbocycles. The Hall–Kier alpha value is -0.680. The third kappa shape index (κ3) is 3.65. The van der Waals surface area contributed by atoms with Crippen LogP contribution in [0.3, 0.4) is 0 Å². The summed E-state index contributed by atoms with van der Waals surface area (Å²) in [4.78, 5) is 2.23. The minimum atomic E-state index is -0.365. The van der Waals surface area contributed by atoms with E-state index in [-0.39, 0.29) is 16.9 Å². The molecule has 3 nitrogen and oxygen atoms in total. The lowest BCUT2D eigenvalue weighted by atomic mass is 10.2. The van der Waals surface area contributed by atoms with Crippen LogP contribution in [0.4, 0.5) is 4.39 Å². The van der Waals surface area contributed by atoms with Crippen molar-refractivity contribution in [3.63, 3.8) is 0 Å². The van der Waals surface area contributed by atoms with Crippen LogP contribution in [0, 0.1) is 5.82 Å². The Morgan fingerprint density at radius 1 is 1.56 bits per heavy atom. The topological polar surface area (TPSA) is 21.7 Å². The second-order valence-corrected chi connectivity index (χ2v) is 4.84. The molecule has 0 N–H and O–H groups in total. The molecule has 1 aromatic rings. The lowest BCUT2D eigenvalue weighted by Crippen LogP contribution is -2.43. The first-order valence-corrected chi connectivity index (χ1v) is 6.33. The van der Waals surface area contributed by atoms with Crippen molar-refractivity contribution in [1.82, 2.24) is 4.90 Å². The molecule has 1 aliphatic rings. The molecule has 1 heterocycles. The predicted octanol–water partition coefficient (Wildman–Crippen LogP) is 2.33. The number of ether oxygens (including phenoxy) is 2. The van der Waals surface area contributed by atoms with Gasteiger partial charge in [0.2, 0.25) is 0 Å². The van der Waals surface area contributed by atoms with Gasteiger partial charge in [0, 0.05) is 26.7 Å². The van der Waals surface area contributed by atoms with Crippen molar-refractivity contribution >= 4 is 11.6 Å². The van der Waals surface area contributed by atoms with Crippen LogP contribution in [0.5, 0.6) is 0 Å². The maximum absolute atomic E-state index is 13.3. The van der Waals surface area contributed by atoms with E-state index in [1.807, 2.05) is 6.07 Å². The van der Waals surface area contributed by atoms with Gasteiger partial charge >= 0.3 is 0 Å². The highest BCUT2D eigenvalue weighted by Crippen LogP contribution is 2.17. The van der Waals surface area contributed by atoms with Gasteiger partial charge in [-0.05, 0) is 17.7 Å². The summed E-state index contributed by atoms with van der Waals surface area (Å²) in [5, 5.41) is 0.165. The van der Waals surface area contributed by atoms with Gasteiger partial charge in [0.1, 0.15) is 5.82 Å². The Morgan fingerprint density at radius 2 is 2.39 bits per heavy atom. The average molecular weight is 274 g/mol. The van der Waals surface area contributed by atoms with E-state index in [0.717, 1.165) is 18.7 Å². The zero-order chi connectivity index (χ0) is 13.0. The lowest BCUT2D eigenvalue weighted by Gasteiger charge is -2.32. The molecule has 1 aliphatic heterocycles. The number of methoxy groups -OCH3 is 1. The minimum Gasteiger partial charge on any atom is -0.382 e. The van der Waals surface area contributed by atoms with Crippen LogP contribution in [-0.2, 0) is 16.0 Å². The number of hydrogen-bond acceptors (Lipinski definition) is 3. The maximum Gasteiger partial charge on any atom is 0.142 e. The molecule has 100 valence electrons. The normalized spacial score (nSPS) is 21.2. The van der Waals surface area contributed by atoms with E-state index >= 15 is 0 Å². The summed E-state index contributed by atoms with van der Waals surface area (Å²) in [6.07, 6.45) is 0.0981. The molecule has 0 aromatic heterocycles. The molecule has 1 aromatic carbocycles. The molecule has 0 aliphatic carbocycles. The molecule has 1 fully saturated rings. The molecule has 1 saturated heterocycles. The fraction of sp³-hybridized carbons (Fsp3) is 0.538. The van der Waals surface area contributed by atoms with Crippen molar-refractivity contribution in [3.8, 4) is 0 Å². The number of halogens is 2. The van der Waals surface area contributed by atoms with Crippen LogP contribution in [0.15, 0.2) is 18.2 Å². The number of benzene rings is 1. The van der Waals surface area contributed by atoms with Crippen LogP contribution >= 0.6 is 11.6 Å². The van der Waals surface area contributed by atoms with Gasteiger partial charge in [-0.15, -0.1) is 0 Å². The Bertz CT molecular complexity index is 401. The van der Waals surface area contributed by atoms with Crippen LogP contribution in [0.2, 0.25) is 5.02 Å². The Balaban J connectivity index is 1.93. The summed E-state index contributed by atoms with van der Waals surface area (Å²) in [6.45, 7) is 3.63. The molecule has 0 unspecified atom stereocenters. The SMILES string of the molecule is COC[C@H]1CN(Cc2ccc(Cl)c(F)c2)CCO1. The van der Waals surface area contributed by atoms with Gasteiger partial charge in [-0.25, -0.2) is 4.39 Å². The molecule has 5 heteroatoms. The van der Waals surface area contributed by atoms with Crippen LogP contribution in [0.1, 0.15) is 5.56 Å². The maximum atomic E-state index is 13.3. The quantitative estimate of drug-likeness (QED) is 0.840. The average Bonchev–Trinajstić information content (AvgIpc) is 2.35. The highest BCUT2D eigenvalue weighted by Gasteiger charge is 2.20. The highest BCUT2D eigenvalue weighted by molar-refractivity contribution is 6.30. The van der Waals surface area contributed by atoms with Crippen molar-refractivity contribution in [2.75, 3.05) is 33.4 Å². The Morgan fingerprint density at radius 3 is 3.11 bits per heavy atom. The van der Waals surface area contributed by atoms with Gasteiger partial charge in [-0.3, -0.25) is 4.90 Å². The van der Waals surface area contributed by atoms with Gasteiger partial charge in [-0.2, -0.15) is 0 Å². The lowest BCUT2D eigenvalue weighted by molar-refractivity contribution is -0.0631. The molecule has 0 radical (unpaired) electrons. The molecular formula is C13H17ClFNO2. The van der Waals surface area contributed by atoms with Crippen molar-refractivity contribution < 1.29 is 13.9 Å². The zero-order valence-corrected chi connectivity index (χ0v) is 11.1. The number of nitrogens with zero attached hydrogens (tertiary/aromatic N) is 1. The molecule has 18 heavy (non-hydrogen) atoms.